The van der Waals surface area contributed by atoms with E-state index in [9.17, 15) is 17.2 Å². The van der Waals surface area contributed by atoms with E-state index in [1.165, 1.54) is 37.6 Å². The zero-order valence-electron chi connectivity index (χ0n) is 14.7. The molecule has 9 heteroatoms. The lowest BCUT2D eigenvalue weighted by atomic mass is 10.2. The number of aromatic nitrogens is 2. The van der Waals surface area contributed by atoms with Crippen molar-refractivity contribution in [3.8, 4) is 0 Å². The fourth-order valence-electron chi connectivity index (χ4n) is 2.62. The van der Waals surface area contributed by atoms with E-state index in [0.717, 1.165) is 6.07 Å². The van der Waals surface area contributed by atoms with Gasteiger partial charge in [0.25, 0.3) is 0 Å². The molecule has 1 N–H and O–H groups in total. The van der Waals surface area contributed by atoms with Crippen molar-refractivity contribution in [3.63, 3.8) is 0 Å². The van der Waals surface area contributed by atoms with Gasteiger partial charge in [-0.3, -0.25) is 0 Å². The Morgan fingerprint density at radius 1 is 1.36 bits per heavy atom. The molecule has 0 spiro atoms. The molecule has 0 unspecified atom stereocenters. The molecule has 2 heterocycles. The Bertz CT molecular complexity index is 1200. The number of H-pyrrole nitrogens is 1. The zero-order chi connectivity index (χ0) is 20.5. The van der Waals surface area contributed by atoms with Gasteiger partial charge in [-0.15, -0.1) is 0 Å². The minimum Gasteiger partial charge on any atom is -0.381 e. The zero-order valence-corrected chi connectivity index (χ0v) is 16.2. The minimum absolute atomic E-state index is 0.130. The Kier molecular flexibility index (Phi) is 5.64. The summed E-state index contributed by atoms with van der Waals surface area (Å²) in [4.78, 5) is 5.49. The largest absolute Gasteiger partial charge is 0.381 e. The molecular formula is C19H15ClF2N2O3S. The van der Waals surface area contributed by atoms with Crippen LogP contribution in [0.3, 0.4) is 0 Å². The molecule has 0 radical (unpaired) electrons. The molecule has 0 bridgehead atoms. The Labute approximate surface area is 165 Å². The number of fused-ring (bicyclic) bond motifs is 1. The number of methoxy groups -OCH3 is 1. The summed E-state index contributed by atoms with van der Waals surface area (Å²) in [6.07, 6.45) is 4.01. The van der Waals surface area contributed by atoms with Crippen LogP contribution in [0.1, 0.15) is 11.3 Å². The Morgan fingerprint density at radius 2 is 2.11 bits per heavy atom. The van der Waals surface area contributed by atoms with Crippen LogP contribution in [-0.2, 0) is 14.6 Å². The number of ether oxygens (including phenoxy) is 1. The first-order valence-electron chi connectivity index (χ1n) is 7.98. The molecule has 0 atom stereocenters. The lowest BCUT2D eigenvalue weighted by molar-refractivity contribution is 0.234. The molecule has 0 aliphatic carbocycles. The van der Waals surface area contributed by atoms with Crippen molar-refractivity contribution in [2.24, 2.45) is 0 Å². The molecular weight excluding hydrogens is 410 g/mol. The molecule has 0 fully saturated rings. The Balaban J connectivity index is 2.04. The van der Waals surface area contributed by atoms with Crippen LogP contribution in [-0.4, -0.2) is 32.1 Å². The first kappa shape index (κ1) is 20.2. The van der Waals surface area contributed by atoms with Gasteiger partial charge in [0.15, 0.2) is 5.82 Å². The third-order valence-electron chi connectivity index (χ3n) is 4.00. The molecule has 146 valence electrons. The highest BCUT2D eigenvalue weighted by Crippen LogP contribution is 2.33. The third kappa shape index (κ3) is 3.71. The lowest BCUT2D eigenvalue weighted by Crippen LogP contribution is -2.08. The quantitative estimate of drug-likeness (QED) is 0.587. The van der Waals surface area contributed by atoms with E-state index >= 15 is 0 Å². The van der Waals surface area contributed by atoms with Crippen molar-refractivity contribution < 1.29 is 21.9 Å². The van der Waals surface area contributed by atoms with Gasteiger partial charge in [0.2, 0.25) is 15.8 Å². The predicted molar refractivity (Wildman–Crippen MR) is 105 cm³/mol. The van der Waals surface area contributed by atoms with Gasteiger partial charge in [-0.2, -0.15) is 4.39 Å². The molecule has 0 saturated carbocycles. The van der Waals surface area contributed by atoms with Gasteiger partial charge in [-0.05, 0) is 18.2 Å². The van der Waals surface area contributed by atoms with E-state index in [-0.39, 0.29) is 17.1 Å². The second-order valence-electron chi connectivity index (χ2n) is 5.83. The molecule has 0 aliphatic heterocycles. The summed E-state index contributed by atoms with van der Waals surface area (Å²) in [5.41, 5.74) is -0.327. The first-order valence-corrected chi connectivity index (χ1v) is 9.84. The standard InChI is InChI=1S/C19H15ClF2N2O3S/c1-11(18-15(21)8-12(19(22)24-18)4-3-7-27-2)28(25,26)17-10-23-16-9-13(20)5-6-14(16)17/h3-6,8-10,23H,1,7H2,2H3/b4-3+. The molecule has 0 saturated heterocycles. The molecule has 0 amide bonds. The summed E-state index contributed by atoms with van der Waals surface area (Å²) in [5.74, 6) is -2.03. The highest BCUT2D eigenvalue weighted by molar-refractivity contribution is 8.00. The number of nitrogens with zero attached hydrogens (tertiary/aromatic N) is 1. The van der Waals surface area contributed by atoms with Crippen molar-refractivity contribution in [2.75, 3.05) is 13.7 Å². The van der Waals surface area contributed by atoms with E-state index in [1.54, 1.807) is 6.07 Å². The maximum absolute atomic E-state index is 14.5. The summed E-state index contributed by atoms with van der Waals surface area (Å²) >= 11 is 5.90. The van der Waals surface area contributed by atoms with E-state index < -0.39 is 32.2 Å². The second-order valence-corrected chi connectivity index (χ2v) is 8.20. The average Bonchev–Trinajstić information content (AvgIpc) is 3.07. The normalized spacial score (nSPS) is 12.1. The van der Waals surface area contributed by atoms with Crippen LogP contribution >= 0.6 is 11.6 Å². The first-order chi connectivity index (χ1) is 13.3. The molecule has 1 aromatic carbocycles. The number of halogens is 3. The fraction of sp³-hybridized carbons (Fsp3) is 0.105. The Morgan fingerprint density at radius 3 is 2.82 bits per heavy atom. The molecule has 3 rings (SSSR count). The van der Waals surface area contributed by atoms with Crippen LogP contribution in [0.25, 0.3) is 21.9 Å². The maximum Gasteiger partial charge on any atom is 0.220 e. The number of nitrogens with one attached hydrogen (secondary N) is 1. The van der Waals surface area contributed by atoms with Gasteiger partial charge in [-0.25, -0.2) is 17.8 Å². The molecule has 5 nitrogen and oxygen atoms in total. The van der Waals surface area contributed by atoms with Crippen LogP contribution in [0.2, 0.25) is 5.02 Å². The Hall–Kier alpha value is -2.55. The highest BCUT2D eigenvalue weighted by atomic mass is 35.5. The molecule has 28 heavy (non-hydrogen) atoms. The number of hydrogen-bond acceptors (Lipinski definition) is 4. The van der Waals surface area contributed by atoms with Gasteiger partial charge < -0.3 is 9.72 Å². The number of aromatic amines is 1. The molecule has 0 aliphatic rings. The van der Waals surface area contributed by atoms with E-state index in [2.05, 4.69) is 16.5 Å². The van der Waals surface area contributed by atoms with Crippen molar-refractivity contribution >= 4 is 43.3 Å². The monoisotopic (exact) mass is 424 g/mol. The van der Waals surface area contributed by atoms with E-state index in [4.69, 9.17) is 16.3 Å². The number of sulfone groups is 1. The van der Waals surface area contributed by atoms with Crippen molar-refractivity contribution in [3.05, 3.63) is 71.2 Å². The van der Waals surface area contributed by atoms with Crippen LogP contribution < -0.4 is 0 Å². The SMILES string of the molecule is C=C(c1nc(F)c(/C=C/COC)cc1F)S(=O)(=O)c1c[nH]c2cc(Cl)ccc12. The van der Waals surface area contributed by atoms with Crippen molar-refractivity contribution in [1.82, 2.24) is 9.97 Å². The van der Waals surface area contributed by atoms with Crippen LogP contribution in [0, 0.1) is 11.8 Å². The summed E-state index contributed by atoms with van der Waals surface area (Å²) in [7, 11) is -2.78. The highest BCUT2D eigenvalue weighted by Gasteiger charge is 2.28. The summed E-state index contributed by atoms with van der Waals surface area (Å²) in [6, 6.07) is 5.46. The number of rotatable bonds is 6. The number of hydrogen-bond donors (Lipinski definition) is 1. The number of benzene rings is 1. The topological polar surface area (TPSA) is 72.0 Å². The second kappa shape index (κ2) is 7.83. The predicted octanol–water partition coefficient (Wildman–Crippen LogP) is 4.60. The van der Waals surface area contributed by atoms with Crippen LogP contribution in [0.5, 0.6) is 0 Å². The van der Waals surface area contributed by atoms with Crippen LogP contribution in [0.15, 0.2) is 48.0 Å². The summed E-state index contributed by atoms with van der Waals surface area (Å²) in [5, 5.41) is 0.773. The van der Waals surface area contributed by atoms with Crippen LogP contribution in [0.4, 0.5) is 8.78 Å². The fourth-order valence-corrected chi connectivity index (χ4v) is 4.14. The van der Waals surface area contributed by atoms with E-state index in [0.29, 0.717) is 15.9 Å². The third-order valence-corrected chi connectivity index (χ3v) is 5.99. The van der Waals surface area contributed by atoms with Gasteiger partial charge >= 0.3 is 0 Å². The molecule has 3 aromatic rings. The van der Waals surface area contributed by atoms with Gasteiger partial charge in [0.1, 0.15) is 5.69 Å². The smallest absolute Gasteiger partial charge is 0.220 e. The minimum atomic E-state index is -4.24. The van der Waals surface area contributed by atoms with Gasteiger partial charge in [0, 0.05) is 34.8 Å². The maximum atomic E-state index is 14.5. The van der Waals surface area contributed by atoms with E-state index in [1.807, 2.05) is 0 Å². The number of pyridine rings is 1. The lowest BCUT2D eigenvalue weighted by Gasteiger charge is -2.09. The van der Waals surface area contributed by atoms with Gasteiger partial charge in [-0.1, -0.05) is 36.4 Å². The summed E-state index contributed by atoms with van der Waals surface area (Å²) in [6.45, 7) is 3.65. The van der Waals surface area contributed by atoms with Gasteiger partial charge in [0.05, 0.1) is 16.4 Å². The van der Waals surface area contributed by atoms with Crippen molar-refractivity contribution in [1.29, 1.82) is 0 Å². The average molecular weight is 425 g/mol. The molecule has 2 aromatic heterocycles. The van der Waals surface area contributed by atoms with Crippen molar-refractivity contribution in [2.45, 2.75) is 4.90 Å². The summed E-state index contributed by atoms with van der Waals surface area (Å²) < 4.78 is 59.4.